The van der Waals surface area contributed by atoms with Crippen LogP contribution >= 0.6 is 0 Å². The SMILES string of the molecule is CCCc1cc(N)nc(-c2cc(C)nc3ccccc23)n1. The number of anilines is 1. The summed E-state index contributed by atoms with van der Waals surface area (Å²) in [7, 11) is 0. The number of hydrogen-bond donors (Lipinski definition) is 1. The van der Waals surface area contributed by atoms with E-state index in [1.54, 1.807) is 0 Å². The normalized spacial score (nSPS) is 11.0. The van der Waals surface area contributed by atoms with Gasteiger partial charge in [-0.05, 0) is 25.5 Å². The van der Waals surface area contributed by atoms with Crippen molar-refractivity contribution in [3.8, 4) is 11.4 Å². The second-order valence-corrected chi connectivity index (χ2v) is 5.19. The molecule has 0 unspecified atom stereocenters. The predicted octanol–water partition coefficient (Wildman–Crippen LogP) is 3.53. The van der Waals surface area contributed by atoms with Crippen LogP contribution in [-0.4, -0.2) is 15.0 Å². The average molecular weight is 278 g/mol. The molecule has 2 N–H and O–H groups in total. The van der Waals surface area contributed by atoms with Crippen molar-refractivity contribution in [3.63, 3.8) is 0 Å². The Labute approximate surface area is 124 Å². The number of nitrogens with zero attached hydrogens (tertiary/aromatic N) is 3. The average Bonchev–Trinajstić information content (AvgIpc) is 2.46. The lowest BCUT2D eigenvalue weighted by Gasteiger charge is -2.09. The molecule has 1 aromatic carbocycles. The minimum Gasteiger partial charge on any atom is -0.384 e. The summed E-state index contributed by atoms with van der Waals surface area (Å²) >= 11 is 0. The first-order chi connectivity index (χ1) is 10.2. The topological polar surface area (TPSA) is 64.7 Å². The minimum absolute atomic E-state index is 0.516. The molecule has 0 bridgehead atoms. The van der Waals surface area contributed by atoms with Gasteiger partial charge in [0.05, 0.1) is 5.52 Å². The van der Waals surface area contributed by atoms with Crippen molar-refractivity contribution in [2.75, 3.05) is 5.73 Å². The highest BCUT2D eigenvalue weighted by molar-refractivity contribution is 5.93. The Balaban J connectivity index is 2.24. The molecule has 0 radical (unpaired) electrons. The third-order valence-corrected chi connectivity index (χ3v) is 3.39. The molecule has 3 aromatic rings. The summed E-state index contributed by atoms with van der Waals surface area (Å²) in [5.74, 6) is 1.20. The molecule has 4 heteroatoms. The van der Waals surface area contributed by atoms with Crippen LogP contribution in [-0.2, 0) is 6.42 Å². The van der Waals surface area contributed by atoms with Gasteiger partial charge in [0.1, 0.15) is 5.82 Å². The van der Waals surface area contributed by atoms with E-state index in [0.29, 0.717) is 11.6 Å². The monoisotopic (exact) mass is 278 g/mol. The van der Waals surface area contributed by atoms with Crippen molar-refractivity contribution in [1.29, 1.82) is 0 Å². The third-order valence-electron chi connectivity index (χ3n) is 3.39. The van der Waals surface area contributed by atoms with Crippen molar-refractivity contribution in [1.82, 2.24) is 15.0 Å². The van der Waals surface area contributed by atoms with Crippen molar-refractivity contribution < 1.29 is 0 Å². The van der Waals surface area contributed by atoms with Crippen LogP contribution in [0, 0.1) is 6.92 Å². The fourth-order valence-electron chi connectivity index (χ4n) is 2.52. The molecule has 0 spiro atoms. The van der Waals surface area contributed by atoms with E-state index in [1.807, 2.05) is 43.3 Å². The number of nitrogens with two attached hydrogens (primary N) is 1. The quantitative estimate of drug-likeness (QED) is 0.796. The number of aromatic nitrogens is 3. The van der Waals surface area contributed by atoms with Crippen LogP contribution in [0.15, 0.2) is 36.4 Å². The maximum atomic E-state index is 5.94. The van der Waals surface area contributed by atoms with E-state index in [2.05, 4.69) is 21.9 Å². The molecular weight excluding hydrogens is 260 g/mol. The molecule has 4 nitrogen and oxygen atoms in total. The van der Waals surface area contributed by atoms with Crippen LogP contribution in [0.3, 0.4) is 0 Å². The molecule has 0 saturated carbocycles. The number of benzene rings is 1. The minimum atomic E-state index is 0.516. The number of nitrogen functional groups attached to an aromatic ring is 1. The molecule has 0 aliphatic heterocycles. The van der Waals surface area contributed by atoms with E-state index in [4.69, 9.17) is 5.73 Å². The van der Waals surface area contributed by atoms with Crippen LogP contribution in [0.5, 0.6) is 0 Å². The Morgan fingerprint density at radius 2 is 1.86 bits per heavy atom. The second-order valence-electron chi connectivity index (χ2n) is 5.19. The number of pyridine rings is 1. The Morgan fingerprint density at radius 3 is 2.67 bits per heavy atom. The molecule has 0 saturated heterocycles. The lowest BCUT2D eigenvalue weighted by Crippen LogP contribution is -2.01. The van der Waals surface area contributed by atoms with Gasteiger partial charge in [0.15, 0.2) is 5.82 Å². The summed E-state index contributed by atoms with van der Waals surface area (Å²) in [4.78, 5) is 13.6. The first kappa shape index (κ1) is 13.5. The van der Waals surface area contributed by atoms with Crippen molar-refractivity contribution in [2.24, 2.45) is 0 Å². The first-order valence-electron chi connectivity index (χ1n) is 7.17. The smallest absolute Gasteiger partial charge is 0.162 e. The van der Waals surface area contributed by atoms with Gasteiger partial charge in [0, 0.05) is 28.4 Å². The lowest BCUT2D eigenvalue weighted by molar-refractivity contribution is 0.877. The third kappa shape index (κ3) is 2.70. The van der Waals surface area contributed by atoms with Crippen molar-refractivity contribution in [2.45, 2.75) is 26.7 Å². The summed E-state index contributed by atoms with van der Waals surface area (Å²) in [5.41, 5.74) is 9.82. The molecule has 0 aliphatic carbocycles. The van der Waals surface area contributed by atoms with Crippen LogP contribution in [0.1, 0.15) is 24.7 Å². The molecule has 106 valence electrons. The number of para-hydroxylation sites is 1. The zero-order chi connectivity index (χ0) is 14.8. The Bertz CT molecular complexity index is 796. The summed E-state index contributed by atoms with van der Waals surface area (Å²) in [6.45, 7) is 4.11. The Kier molecular flexibility index (Phi) is 3.52. The van der Waals surface area contributed by atoms with Crippen LogP contribution in [0.2, 0.25) is 0 Å². The molecule has 0 amide bonds. The highest BCUT2D eigenvalue weighted by atomic mass is 14.9. The second kappa shape index (κ2) is 5.48. The fraction of sp³-hybridized carbons (Fsp3) is 0.235. The Hall–Kier alpha value is -2.49. The number of aryl methyl sites for hydroxylation is 2. The fourth-order valence-corrected chi connectivity index (χ4v) is 2.52. The van der Waals surface area contributed by atoms with Gasteiger partial charge in [-0.2, -0.15) is 0 Å². The van der Waals surface area contributed by atoms with Gasteiger partial charge in [0.2, 0.25) is 0 Å². The van der Waals surface area contributed by atoms with Gasteiger partial charge in [-0.25, -0.2) is 9.97 Å². The molecule has 3 rings (SSSR count). The van der Waals surface area contributed by atoms with Gasteiger partial charge in [0.25, 0.3) is 0 Å². The predicted molar refractivity (Wildman–Crippen MR) is 85.9 cm³/mol. The van der Waals surface area contributed by atoms with Gasteiger partial charge < -0.3 is 5.73 Å². The maximum Gasteiger partial charge on any atom is 0.162 e. The molecule has 0 aliphatic rings. The zero-order valence-electron chi connectivity index (χ0n) is 12.3. The van der Waals surface area contributed by atoms with E-state index < -0.39 is 0 Å². The summed E-state index contributed by atoms with van der Waals surface area (Å²) < 4.78 is 0. The highest BCUT2D eigenvalue weighted by Crippen LogP contribution is 2.27. The molecule has 2 heterocycles. The van der Waals surface area contributed by atoms with Gasteiger partial charge in [-0.15, -0.1) is 0 Å². The number of fused-ring (bicyclic) bond motifs is 1. The maximum absolute atomic E-state index is 5.94. The summed E-state index contributed by atoms with van der Waals surface area (Å²) in [6.07, 6.45) is 1.94. The van der Waals surface area contributed by atoms with Crippen LogP contribution in [0.25, 0.3) is 22.3 Å². The van der Waals surface area contributed by atoms with E-state index >= 15 is 0 Å². The van der Waals surface area contributed by atoms with E-state index in [0.717, 1.165) is 40.7 Å². The van der Waals surface area contributed by atoms with Gasteiger partial charge >= 0.3 is 0 Å². The van der Waals surface area contributed by atoms with E-state index in [9.17, 15) is 0 Å². The van der Waals surface area contributed by atoms with E-state index in [-0.39, 0.29) is 0 Å². The van der Waals surface area contributed by atoms with Crippen molar-refractivity contribution >= 4 is 16.7 Å². The van der Waals surface area contributed by atoms with E-state index in [1.165, 1.54) is 0 Å². The first-order valence-corrected chi connectivity index (χ1v) is 7.17. The number of hydrogen-bond acceptors (Lipinski definition) is 4. The largest absolute Gasteiger partial charge is 0.384 e. The molecule has 0 atom stereocenters. The van der Waals surface area contributed by atoms with Crippen LogP contribution < -0.4 is 5.73 Å². The number of rotatable bonds is 3. The molecular formula is C17H18N4. The lowest BCUT2D eigenvalue weighted by atomic mass is 10.1. The summed E-state index contributed by atoms with van der Waals surface area (Å²) in [5, 5.41) is 1.05. The van der Waals surface area contributed by atoms with Gasteiger partial charge in [-0.3, -0.25) is 4.98 Å². The molecule has 0 fully saturated rings. The van der Waals surface area contributed by atoms with Crippen molar-refractivity contribution in [3.05, 3.63) is 47.8 Å². The van der Waals surface area contributed by atoms with Crippen LogP contribution in [0.4, 0.5) is 5.82 Å². The zero-order valence-corrected chi connectivity index (χ0v) is 12.3. The Morgan fingerprint density at radius 1 is 1.05 bits per heavy atom. The summed E-state index contributed by atoms with van der Waals surface area (Å²) in [6, 6.07) is 11.9. The molecule has 2 aromatic heterocycles. The van der Waals surface area contributed by atoms with Gasteiger partial charge in [-0.1, -0.05) is 31.5 Å². The molecule has 21 heavy (non-hydrogen) atoms. The standard InChI is InChI=1S/C17H18N4/c1-3-6-12-10-16(18)21-17(20-12)14-9-11(2)19-15-8-5-4-7-13(14)15/h4-5,7-10H,3,6H2,1-2H3,(H2,18,20,21). The highest BCUT2D eigenvalue weighted by Gasteiger charge is 2.10.